The first-order chi connectivity index (χ1) is 12.5. The van der Waals surface area contributed by atoms with Gasteiger partial charge in [0.2, 0.25) is 0 Å². The van der Waals surface area contributed by atoms with Crippen molar-refractivity contribution in [2.24, 2.45) is 0 Å². The van der Waals surface area contributed by atoms with Gasteiger partial charge in [-0.3, -0.25) is 4.68 Å². The number of aliphatic hydroxyl groups is 1. The van der Waals surface area contributed by atoms with Crippen LogP contribution in [-0.4, -0.2) is 52.1 Å². The lowest BCUT2D eigenvalue weighted by Gasteiger charge is -2.38. The highest BCUT2D eigenvalue weighted by Gasteiger charge is 2.51. The van der Waals surface area contributed by atoms with Gasteiger partial charge in [-0.1, -0.05) is 11.6 Å². The van der Waals surface area contributed by atoms with Crippen LogP contribution in [0.25, 0.3) is 0 Å². The molecule has 8 nitrogen and oxygen atoms in total. The van der Waals surface area contributed by atoms with Crippen molar-refractivity contribution in [3.05, 3.63) is 47.5 Å². The number of carbonyl (C=O) groups is 1. The minimum absolute atomic E-state index is 0.231. The number of benzene rings is 1. The van der Waals surface area contributed by atoms with Crippen molar-refractivity contribution in [3.8, 4) is 0 Å². The molecular weight excluding hydrogens is 367 g/mol. The molecule has 2 saturated heterocycles. The summed E-state index contributed by atoms with van der Waals surface area (Å²) < 4.78 is 25.7. The summed E-state index contributed by atoms with van der Waals surface area (Å²) in [6.45, 7) is 0.231. The number of nitrogens with zero attached hydrogens (tertiary/aromatic N) is 2. The number of aliphatic hydroxyl groups excluding tert-OH is 1. The minimum Gasteiger partial charge on any atom is -0.388 e. The zero-order valence-electron chi connectivity index (χ0n) is 13.4. The fourth-order valence-corrected chi connectivity index (χ4v) is 3.33. The van der Waals surface area contributed by atoms with Gasteiger partial charge in [-0.25, -0.2) is 9.18 Å². The smallest absolute Gasteiger partial charge is 0.319 e. The maximum absolute atomic E-state index is 12.9. The second-order valence-electron chi connectivity index (χ2n) is 6.13. The maximum atomic E-state index is 12.9. The Labute approximate surface area is 152 Å². The number of ether oxygens (including phenoxy) is 2. The van der Waals surface area contributed by atoms with Crippen molar-refractivity contribution < 1.29 is 23.8 Å². The third-order valence-electron chi connectivity index (χ3n) is 4.41. The molecule has 0 radical (unpaired) electrons. The van der Waals surface area contributed by atoms with Crippen LogP contribution in [0.5, 0.6) is 0 Å². The van der Waals surface area contributed by atoms with Crippen LogP contribution in [0.3, 0.4) is 0 Å². The van der Waals surface area contributed by atoms with Crippen molar-refractivity contribution in [2.45, 2.75) is 30.6 Å². The number of rotatable bonds is 3. The zero-order valence-corrected chi connectivity index (χ0v) is 14.1. The molecule has 3 heterocycles. The fraction of sp³-hybridized carbons (Fsp3) is 0.375. The van der Waals surface area contributed by atoms with Gasteiger partial charge in [0, 0.05) is 11.9 Å². The van der Waals surface area contributed by atoms with Gasteiger partial charge in [-0.15, -0.1) is 0 Å². The van der Waals surface area contributed by atoms with Crippen LogP contribution in [0.15, 0.2) is 36.7 Å². The van der Waals surface area contributed by atoms with Crippen LogP contribution in [0.4, 0.5) is 14.9 Å². The Kier molecular flexibility index (Phi) is 4.53. The van der Waals surface area contributed by atoms with Crippen molar-refractivity contribution in [2.75, 3.05) is 11.9 Å². The Morgan fingerprint density at radius 2 is 2.15 bits per heavy atom. The molecule has 3 N–H and O–H groups in total. The lowest BCUT2D eigenvalue weighted by molar-refractivity contribution is -0.166. The molecule has 2 aliphatic heterocycles. The van der Waals surface area contributed by atoms with E-state index in [1.807, 2.05) is 0 Å². The van der Waals surface area contributed by atoms with E-state index in [1.54, 1.807) is 6.20 Å². The van der Waals surface area contributed by atoms with Gasteiger partial charge in [-0.2, -0.15) is 5.10 Å². The summed E-state index contributed by atoms with van der Waals surface area (Å²) in [6.07, 6.45) is 0.826. The molecule has 2 bridgehead atoms. The Morgan fingerprint density at radius 3 is 2.85 bits per heavy atom. The van der Waals surface area contributed by atoms with Crippen LogP contribution in [0, 0.1) is 5.82 Å². The van der Waals surface area contributed by atoms with E-state index in [0.29, 0.717) is 10.7 Å². The summed E-state index contributed by atoms with van der Waals surface area (Å²) in [4.78, 5) is 12.3. The van der Waals surface area contributed by atoms with Gasteiger partial charge >= 0.3 is 6.03 Å². The summed E-state index contributed by atoms with van der Waals surface area (Å²) in [7, 11) is 0. The molecule has 0 spiro atoms. The molecule has 10 heteroatoms. The minimum atomic E-state index is -1.00. The second kappa shape index (κ2) is 6.84. The monoisotopic (exact) mass is 382 g/mol. The van der Waals surface area contributed by atoms with E-state index < -0.39 is 42.4 Å². The number of anilines is 1. The topological polar surface area (TPSA) is 97.6 Å². The summed E-state index contributed by atoms with van der Waals surface area (Å²) in [6, 6.07) is 3.42. The van der Waals surface area contributed by atoms with E-state index in [0.717, 1.165) is 0 Å². The Balaban J connectivity index is 1.48. The molecule has 5 unspecified atom stereocenters. The van der Waals surface area contributed by atoms with Crippen LogP contribution >= 0.6 is 11.6 Å². The number of fused-ring (bicyclic) bond motifs is 2. The molecule has 0 aliphatic carbocycles. The number of hydrogen-bond donors (Lipinski definition) is 3. The number of nitrogens with one attached hydrogen (secondary N) is 2. The van der Waals surface area contributed by atoms with E-state index in [1.165, 1.54) is 35.1 Å². The zero-order chi connectivity index (χ0) is 18.3. The predicted octanol–water partition coefficient (Wildman–Crippen LogP) is 1.52. The summed E-state index contributed by atoms with van der Waals surface area (Å²) in [5.41, 5.74) is 0.422. The fourth-order valence-electron chi connectivity index (χ4n) is 3.19. The van der Waals surface area contributed by atoms with E-state index in [9.17, 15) is 14.3 Å². The molecule has 0 saturated carbocycles. The quantitative estimate of drug-likeness (QED) is 0.747. The lowest BCUT2D eigenvalue weighted by Crippen LogP contribution is -2.59. The van der Waals surface area contributed by atoms with E-state index in [-0.39, 0.29) is 6.61 Å². The van der Waals surface area contributed by atoms with E-state index in [2.05, 4.69) is 15.7 Å². The first kappa shape index (κ1) is 17.2. The molecule has 2 aliphatic rings. The maximum Gasteiger partial charge on any atom is 0.319 e. The molecule has 2 amide bonds. The standard InChI is InChI=1S/C16H16ClFN4O4/c17-8-5-19-22(6-8)13-14(23)12(11-7-25-15(13)26-11)21-16(24)20-10-3-1-9(18)2-4-10/h1-6,11-15,23H,7H2,(H2,20,21,24). The van der Waals surface area contributed by atoms with E-state index in [4.69, 9.17) is 21.1 Å². The summed E-state index contributed by atoms with van der Waals surface area (Å²) in [5, 5.41) is 20.6. The third-order valence-corrected chi connectivity index (χ3v) is 4.60. The van der Waals surface area contributed by atoms with Gasteiger partial charge in [0.15, 0.2) is 6.29 Å². The Morgan fingerprint density at radius 1 is 1.38 bits per heavy atom. The van der Waals surface area contributed by atoms with Gasteiger partial charge < -0.3 is 25.2 Å². The Hall–Kier alpha value is -2.20. The normalized spacial score (nSPS) is 30.2. The van der Waals surface area contributed by atoms with Crippen molar-refractivity contribution in [3.63, 3.8) is 0 Å². The SMILES string of the molecule is O=C(Nc1ccc(F)cc1)NC1C2COC(O2)C(n2cc(Cl)cn2)C1O. The van der Waals surface area contributed by atoms with Gasteiger partial charge in [0.05, 0.1) is 23.9 Å². The molecule has 1 aromatic heterocycles. The molecular formula is C16H16ClFN4O4. The number of carbonyl (C=O) groups excluding carboxylic acids is 1. The van der Waals surface area contributed by atoms with E-state index >= 15 is 0 Å². The molecule has 2 aromatic rings. The van der Waals surface area contributed by atoms with Gasteiger partial charge in [0.25, 0.3) is 0 Å². The van der Waals surface area contributed by atoms with Crippen LogP contribution < -0.4 is 10.6 Å². The molecule has 26 heavy (non-hydrogen) atoms. The molecule has 5 atom stereocenters. The van der Waals surface area contributed by atoms with Crippen LogP contribution in [-0.2, 0) is 9.47 Å². The molecule has 138 valence electrons. The average Bonchev–Trinajstić information content (AvgIpc) is 3.22. The summed E-state index contributed by atoms with van der Waals surface area (Å²) >= 11 is 5.90. The van der Waals surface area contributed by atoms with Gasteiger partial charge in [0.1, 0.15) is 24.1 Å². The molecule has 4 rings (SSSR count). The van der Waals surface area contributed by atoms with Crippen LogP contribution in [0.1, 0.15) is 6.04 Å². The highest BCUT2D eigenvalue weighted by Crippen LogP contribution is 2.35. The number of halogens is 2. The first-order valence-corrected chi connectivity index (χ1v) is 8.37. The van der Waals surface area contributed by atoms with Gasteiger partial charge in [-0.05, 0) is 24.3 Å². The predicted molar refractivity (Wildman–Crippen MR) is 89.2 cm³/mol. The van der Waals surface area contributed by atoms with Crippen molar-refractivity contribution >= 4 is 23.3 Å². The summed E-state index contributed by atoms with van der Waals surface area (Å²) in [5.74, 6) is -0.401. The number of hydrogen-bond acceptors (Lipinski definition) is 5. The largest absolute Gasteiger partial charge is 0.388 e. The van der Waals surface area contributed by atoms with Crippen LogP contribution in [0.2, 0.25) is 5.02 Å². The highest BCUT2D eigenvalue weighted by atomic mass is 35.5. The average molecular weight is 383 g/mol. The molecule has 1 aromatic carbocycles. The molecule has 2 fully saturated rings. The first-order valence-electron chi connectivity index (χ1n) is 7.99. The van der Waals surface area contributed by atoms with Crippen molar-refractivity contribution in [1.82, 2.24) is 15.1 Å². The Bertz CT molecular complexity index is 802. The second-order valence-corrected chi connectivity index (χ2v) is 6.56. The number of amides is 2. The van der Waals surface area contributed by atoms with Crippen molar-refractivity contribution in [1.29, 1.82) is 0 Å². The number of urea groups is 1. The third kappa shape index (κ3) is 3.26. The number of aromatic nitrogens is 2. The lowest BCUT2D eigenvalue weighted by atomic mass is 9.96. The highest BCUT2D eigenvalue weighted by molar-refractivity contribution is 6.30.